The molecule has 0 N–H and O–H groups in total. The molecular weight excluding hydrogens is 324 g/mol. The molecule has 17 heavy (non-hydrogen) atoms. The van der Waals surface area contributed by atoms with Gasteiger partial charge >= 0.3 is 116 Å². The van der Waals surface area contributed by atoms with Crippen LogP contribution in [-0.4, -0.2) is 28.0 Å². The van der Waals surface area contributed by atoms with Crippen LogP contribution in [0.3, 0.4) is 0 Å². The van der Waals surface area contributed by atoms with Crippen LogP contribution in [0.2, 0.25) is 4.47 Å². The zero-order chi connectivity index (χ0) is 12.3. The summed E-state index contributed by atoms with van der Waals surface area (Å²) in [5.41, 5.74) is 0. The van der Waals surface area contributed by atoms with Crippen molar-refractivity contribution in [3.05, 3.63) is 24.3 Å². The molecule has 96 valence electrons. The van der Waals surface area contributed by atoms with Gasteiger partial charge in [0.25, 0.3) is 0 Å². The van der Waals surface area contributed by atoms with Crippen molar-refractivity contribution in [3.8, 4) is 5.75 Å². The van der Waals surface area contributed by atoms with Gasteiger partial charge in [-0.25, -0.2) is 0 Å². The van der Waals surface area contributed by atoms with Crippen molar-refractivity contribution < 1.29 is 4.74 Å². The van der Waals surface area contributed by atoms with Crippen LogP contribution in [0.4, 0.5) is 0 Å². The van der Waals surface area contributed by atoms with E-state index in [0.29, 0.717) is 0 Å². The predicted octanol–water partition coefficient (Wildman–Crippen LogP) is 3.80. The van der Waals surface area contributed by atoms with Crippen molar-refractivity contribution in [2.75, 3.05) is 7.11 Å². The summed E-state index contributed by atoms with van der Waals surface area (Å²) in [7, 11) is 1.77. The van der Waals surface area contributed by atoms with Crippen LogP contribution in [0.15, 0.2) is 24.3 Å². The first-order chi connectivity index (χ1) is 8.38. The topological polar surface area (TPSA) is 9.23 Å². The third-order valence-electron chi connectivity index (χ3n) is 2.82. The molecule has 0 aromatic heterocycles. The molecule has 0 saturated heterocycles. The van der Waals surface area contributed by atoms with Crippen LogP contribution in [-0.2, 0) is 0 Å². The third kappa shape index (κ3) is 6.34. The first-order valence-electron chi connectivity index (χ1n) is 6.64. The molecule has 1 nitrogen and oxygen atoms in total. The molecule has 0 aliphatic heterocycles. The summed E-state index contributed by atoms with van der Waals surface area (Å²) in [6.07, 6.45) is 8.42. The van der Waals surface area contributed by atoms with Crippen LogP contribution in [0.1, 0.15) is 45.4 Å². The molecule has 0 aliphatic carbocycles. The summed E-state index contributed by atoms with van der Waals surface area (Å²) < 4.78 is 8.28. The molecule has 1 rings (SSSR count). The number of hydrogen-bond donors (Lipinski definition) is 0. The van der Waals surface area contributed by atoms with Gasteiger partial charge in [0.2, 0.25) is 0 Å². The van der Waals surface area contributed by atoms with Crippen molar-refractivity contribution in [2.45, 2.75) is 49.9 Å². The molecule has 1 aromatic carbocycles. The van der Waals surface area contributed by atoms with Gasteiger partial charge in [-0.2, -0.15) is 0 Å². The standard InChI is InChI=1S/C15H24OTe/c1-3-4-5-6-7-10-13-17-15-12-9-8-11-14(15)16-2/h8-9,11-12H,3-7,10,13H2,1-2H3. The Balaban J connectivity index is 2.13. The van der Waals surface area contributed by atoms with Crippen LogP contribution >= 0.6 is 0 Å². The van der Waals surface area contributed by atoms with Gasteiger partial charge < -0.3 is 0 Å². The number of benzene rings is 1. The molecule has 0 heterocycles. The maximum absolute atomic E-state index is 5.39. The zero-order valence-corrected chi connectivity index (χ0v) is 13.4. The molecule has 1 aromatic rings. The van der Waals surface area contributed by atoms with Crippen molar-refractivity contribution in [2.24, 2.45) is 0 Å². The molecule has 0 atom stereocenters. The normalized spacial score (nSPS) is 10.5. The maximum atomic E-state index is 5.39. The zero-order valence-electron chi connectivity index (χ0n) is 11.1. The van der Waals surface area contributed by atoms with E-state index >= 15 is 0 Å². The van der Waals surface area contributed by atoms with E-state index < -0.39 is 0 Å². The van der Waals surface area contributed by atoms with Crippen LogP contribution in [0.5, 0.6) is 5.75 Å². The van der Waals surface area contributed by atoms with E-state index in [1.54, 1.807) is 7.11 Å². The predicted molar refractivity (Wildman–Crippen MR) is 76.6 cm³/mol. The van der Waals surface area contributed by atoms with Gasteiger partial charge in [0.05, 0.1) is 0 Å². The van der Waals surface area contributed by atoms with E-state index in [4.69, 9.17) is 4.74 Å². The quantitative estimate of drug-likeness (QED) is 0.487. The summed E-state index contributed by atoms with van der Waals surface area (Å²) >= 11 is -0.0347. The van der Waals surface area contributed by atoms with Crippen molar-refractivity contribution >= 4 is 24.5 Å². The van der Waals surface area contributed by atoms with Gasteiger partial charge in [-0.3, -0.25) is 0 Å². The minimum absolute atomic E-state index is 0.0347. The number of hydrogen-bond acceptors (Lipinski definition) is 1. The van der Waals surface area contributed by atoms with Crippen molar-refractivity contribution in [3.63, 3.8) is 0 Å². The van der Waals surface area contributed by atoms with Crippen molar-refractivity contribution in [1.29, 1.82) is 0 Å². The monoisotopic (exact) mass is 350 g/mol. The molecule has 0 fully saturated rings. The van der Waals surface area contributed by atoms with E-state index in [1.165, 1.54) is 46.6 Å². The Labute approximate surface area is 116 Å². The molecule has 0 unspecified atom stereocenters. The fourth-order valence-corrected chi connectivity index (χ4v) is 4.76. The van der Waals surface area contributed by atoms with Gasteiger partial charge in [0.1, 0.15) is 0 Å². The summed E-state index contributed by atoms with van der Waals surface area (Å²) in [6, 6.07) is 8.50. The van der Waals surface area contributed by atoms with E-state index in [1.807, 2.05) is 0 Å². The Bertz CT molecular complexity index is 299. The SMILES string of the molecule is CCCCCCCC[Te]c1ccccc1OC. The van der Waals surface area contributed by atoms with Crippen molar-refractivity contribution in [1.82, 2.24) is 0 Å². The molecule has 0 bridgehead atoms. The van der Waals surface area contributed by atoms with Gasteiger partial charge in [-0.05, 0) is 0 Å². The Morgan fingerprint density at radius 3 is 2.47 bits per heavy atom. The average Bonchev–Trinajstić information content (AvgIpc) is 2.38. The molecular formula is C15H24OTe. The summed E-state index contributed by atoms with van der Waals surface area (Å²) in [6.45, 7) is 2.27. The molecule has 2 heteroatoms. The molecule has 0 amide bonds. The fraction of sp³-hybridized carbons (Fsp3) is 0.600. The molecule has 0 saturated carbocycles. The van der Waals surface area contributed by atoms with Crippen LogP contribution in [0, 0.1) is 0 Å². The van der Waals surface area contributed by atoms with Crippen LogP contribution in [0.25, 0.3) is 0 Å². The summed E-state index contributed by atoms with van der Waals surface area (Å²) in [5, 5.41) is 0. The van der Waals surface area contributed by atoms with Gasteiger partial charge in [0.15, 0.2) is 0 Å². The van der Waals surface area contributed by atoms with Gasteiger partial charge in [-0.1, -0.05) is 0 Å². The second-order valence-electron chi connectivity index (χ2n) is 4.27. The van der Waals surface area contributed by atoms with E-state index in [2.05, 4.69) is 31.2 Å². The minimum atomic E-state index is -0.0347. The molecule has 0 radical (unpaired) electrons. The Morgan fingerprint density at radius 1 is 1.00 bits per heavy atom. The second-order valence-corrected chi connectivity index (χ2v) is 7.51. The molecule has 0 aliphatic rings. The van der Waals surface area contributed by atoms with Gasteiger partial charge in [0, 0.05) is 0 Å². The van der Waals surface area contributed by atoms with E-state index in [-0.39, 0.29) is 20.9 Å². The second kappa shape index (κ2) is 9.80. The summed E-state index contributed by atoms with van der Waals surface area (Å²) in [5.74, 6) is 1.10. The number of unbranched alkanes of at least 4 members (excludes halogenated alkanes) is 5. The number of para-hydroxylation sites is 1. The average molecular weight is 348 g/mol. The number of rotatable bonds is 9. The van der Waals surface area contributed by atoms with Crippen LogP contribution < -0.4 is 8.35 Å². The Hall–Kier alpha value is -0.190. The van der Waals surface area contributed by atoms with Gasteiger partial charge in [-0.15, -0.1) is 0 Å². The molecule has 0 spiro atoms. The fourth-order valence-electron chi connectivity index (χ4n) is 1.80. The summed E-state index contributed by atoms with van der Waals surface area (Å²) in [4.78, 5) is 0. The Kier molecular flexibility index (Phi) is 8.57. The third-order valence-corrected chi connectivity index (χ3v) is 6.08. The first-order valence-corrected chi connectivity index (χ1v) is 9.45. The first kappa shape index (κ1) is 14.9. The van der Waals surface area contributed by atoms with E-state index in [9.17, 15) is 0 Å². The van der Waals surface area contributed by atoms with E-state index in [0.717, 1.165) is 5.75 Å². The number of methoxy groups -OCH3 is 1. The Morgan fingerprint density at radius 2 is 1.71 bits per heavy atom. The number of ether oxygens (including phenoxy) is 1.